The van der Waals surface area contributed by atoms with E-state index in [0.29, 0.717) is 17.5 Å². The van der Waals surface area contributed by atoms with Crippen LogP contribution in [0.3, 0.4) is 0 Å². The van der Waals surface area contributed by atoms with Crippen molar-refractivity contribution in [3.8, 4) is 56.7 Å². The van der Waals surface area contributed by atoms with Crippen LogP contribution >= 0.6 is 0 Å². The minimum absolute atomic E-state index is 0.604. The summed E-state index contributed by atoms with van der Waals surface area (Å²) in [6.45, 7) is 0. The first-order valence-corrected chi connectivity index (χ1v) is 18.9. The Labute approximate surface area is 323 Å². The lowest BCUT2D eigenvalue weighted by molar-refractivity contribution is 1.06. The van der Waals surface area contributed by atoms with Gasteiger partial charge in [0, 0.05) is 43.8 Å². The average Bonchev–Trinajstić information content (AvgIpc) is 3.79. The molecule has 8 aromatic carbocycles. The summed E-state index contributed by atoms with van der Waals surface area (Å²) in [6, 6.07) is 70.4. The largest absolute Gasteiger partial charge is 0.307 e. The van der Waals surface area contributed by atoms with Gasteiger partial charge in [-0.1, -0.05) is 164 Å². The Bertz CT molecular complexity index is 3070. The second-order valence-electron chi connectivity index (χ2n) is 14.0. The Morgan fingerprint density at radius 1 is 0.286 bits per heavy atom. The lowest BCUT2D eigenvalue weighted by Crippen LogP contribution is -2.08. The monoisotopic (exact) mass is 715 g/mol. The van der Waals surface area contributed by atoms with Crippen LogP contribution in [0.2, 0.25) is 0 Å². The summed E-state index contributed by atoms with van der Waals surface area (Å²) >= 11 is 0. The first-order valence-electron chi connectivity index (χ1n) is 18.9. The van der Waals surface area contributed by atoms with Gasteiger partial charge in [0.2, 0.25) is 0 Å². The molecule has 0 saturated heterocycles. The van der Waals surface area contributed by atoms with Crippen molar-refractivity contribution in [1.82, 2.24) is 24.1 Å². The zero-order chi connectivity index (χ0) is 37.0. The molecule has 3 aromatic heterocycles. The molecule has 5 nitrogen and oxygen atoms in total. The van der Waals surface area contributed by atoms with Gasteiger partial charge in [-0.3, -0.25) is 0 Å². The van der Waals surface area contributed by atoms with Crippen LogP contribution in [0.15, 0.2) is 200 Å². The van der Waals surface area contributed by atoms with Crippen LogP contribution in [0.4, 0.5) is 0 Å². The lowest BCUT2D eigenvalue weighted by Gasteiger charge is -2.23. The molecule has 5 heteroatoms. The predicted molar refractivity (Wildman–Crippen MR) is 230 cm³/mol. The van der Waals surface area contributed by atoms with Crippen molar-refractivity contribution >= 4 is 43.6 Å². The smallest absolute Gasteiger partial charge is 0.164 e. The molecule has 0 aliphatic carbocycles. The summed E-state index contributed by atoms with van der Waals surface area (Å²) in [6.07, 6.45) is 0. The van der Waals surface area contributed by atoms with E-state index in [2.05, 4.69) is 173 Å². The summed E-state index contributed by atoms with van der Waals surface area (Å²) in [4.78, 5) is 15.6. The third-order valence-electron chi connectivity index (χ3n) is 10.8. The minimum Gasteiger partial charge on any atom is -0.307 e. The normalized spacial score (nSPS) is 11.6. The van der Waals surface area contributed by atoms with Crippen molar-refractivity contribution < 1.29 is 0 Å². The Morgan fingerprint density at radius 3 is 1.09 bits per heavy atom. The molecule has 0 fully saturated rings. The quantitative estimate of drug-likeness (QED) is 0.172. The van der Waals surface area contributed by atoms with Gasteiger partial charge >= 0.3 is 0 Å². The average molecular weight is 716 g/mol. The Balaban J connectivity index is 1.34. The third-order valence-corrected chi connectivity index (χ3v) is 10.8. The highest BCUT2D eigenvalue weighted by molar-refractivity contribution is 6.13. The number of fused-ring (bicyclic) bond motifs is 6. The van der Waals surface area contributed by atoms with Gasteiger partial charge in [0.15, 0.2) is 17.5 Å². The maximum absolute atomic E-state index is 5.29. The summed E-state index contributed by atoms with van der Waals surface area (Å²) in [5.41, 5.74) is 11.5. The van der Waals surface area contributed by atoms with Crippen LogP contribution < -0.4 is 0 Å². The van der Waals surface area contributed by atoms with Gasteiger partial charge in [-0.15, -0.1) is 0 Å². The van der Waals surface area contributed by atoms with Gasteiger partial charge < -0.3 is 9.13 Å². The predicted octanol–water partition coefficient (Wildman–Crippen LogP) is 12.7. The molecule has 0 bridgehead atoms. The van der Waals surface area contributed by atoms with Crippen molar-refractivity contribution in [2.75, 3.05) is 0 Å². The van der Waals surface area contributed by atoms with E-state index in [1.807, 2.05) is 36.4 Å². The van der Waals surface area contributed by atoms with E-state index in [1.54, 1.807) is 0 Å². The van der Waals surface area contributed by atoms with E-state index in [9.17, 15) is 0 Å². The van der Waals surface area contributed by atoms with Gasteiger partial charge in [0.1, 0.15) is 0 Å². The minimum atomic E-state index is 0.604. The summed E-state index contributed by atoms with van der Waals surface area (Å²) in [5.74, 6) is 1.85. The summed E-state index contributed by atoms with van der Waals surface area (Å²) in [5, 5.41) is 4.80. The molecular weight excluding hydrogens is 683 g/mol. The van der Waals surface area contributed by atoms with Gasteiger partial charge in [0.25, 0.3) is 0 Å². The fraction of sp³-hybridized carbons (Fsp3) is 0. The molecule has 0 N–H and O–H groups in total. The number of para-hydroxylation sites is 4. The second-order valence-corrected chi connectivity index (χ2v) is 14.0. The molecule has 0 spiro atoms. The van der Waals surface area contributed by atoms with Crippen molar-refractivity contribution in [1.29, 1.82) is 0 Å². The maximum Gasteiger partial charge on any atom is 0.164 e. The van der Waals surface area contributed by atoms with Crippen LogP contribution in [0.25, 0.3) is 100 Å². The van der Waals surface area contributed by atoms with E-state index < -0.39 is 0 Å². The van der Waals surface area contributed by atoms with Crippen molar-refractivity contribution in [3.63, 3.8) is 0 Å². The second kappa shape index (κ2) is 13.0. The Kier molecular flexibility index (Phi) is 7.42. The number of benzene rings is 8. The maximum atomic E-state index is 5.29. The number of hydrogen-bond donors (Lipinski definition) is 0. The number of aromatic nitrogens is 5. The summed E-state index contributed by atoms with van der Waals surface area (Å²) in [7, 11) is 0. The van der Waals surface area contributed by atoms with Crippen molar-refractivity contribution in [2.45, 2.75) is 0 Å². The summed E-state index contributed by atoms with van der Waals surface area (Å²) < 4.78 is 4.88. The van der Waals surface area contributed by atoms with E-state index >= 15 is 0 Å². The molecule has 0 aliphatic heterocycles. The number of rotatable bonds is 6. The SMILES string of the molecule is c1ccc(-c2nc(-c3ccccc3)nc(-c3ccc(-n4c5ccccc5c5ccccc54)c(-n4c5ccccc5c5ccccc54)c3-c3ccccc3)n2)cc1. The topological polar surface area (TPSA) is 48.5 Å². The fourth-order valence-corrected chi connectivity index (χ4v) is 8.34. The molecule has 262 valence electrons. The molecule has 11 aromatic rings. The zero-order valence-electron chi connectivity index (χ0n) is 30.3. The third kappa shape index (κ3) is 5.06. The number of nitrogens with zero attached hydrogens (tertiary/aromatic N) is 5. The van der Waals surface area contributed by atoms with Gasteiger partial charge in [-0.25, -0.2) is 15.0 Å². The van der Waals surface area contributed by atoms with Crippen LogP contribution in [0.5, 0.6) is 0 Å². The van der Waals surface area contributed by atoms with Crippen LogP contribution in [0, 0.1) is 0 Å². The van der Waals surface area contributed by atoms with E-state index in [-0.39, 0.29) is 0 Å². The Hall–Kier alpha value is -7.63. The van der Waals surface area contributed by atoms with Crippen molar-refractivity contribution in [2.24, 2.45) is 0 Å². The van der Waals surface area contributed by atoms with E-state index in [1.165, 1.54) is 21.5 Å². The molecule has 56 heavy (non-hydrogen) atoms. The molecule has 0 amide bonds. The molecule has 0 unspecified atom stereocenters. The molecule has 0 saturated carbocycles. The first-order chi connectivity index (χ1) is 27.8. The standard InChI is InChI=1S/C51H33N5/c1-4-18-34(19-5-1)47-41(51-53-49(35-20-6-2-7-21-35)52-50(54-51)36-22-8-3-9-23-36)32-33-46(55-42-28-14-10-24-37(42)38-25-11-15-29-43(38)55)48(47)56-44-30-16-12-26-39(44)40-27-13-17-31-45(40)56/h1-33H. The zero-order valence-corrected chi connectivity index (χ0v) is 30.3. The molecular formula is C51H33N5. The molecule has 0 radical (unpaired) electrons. The first kappa shape index (κ1) is 31.9. The molecule has 0 atom stereocenters. The van der Waals surface area contributed by atoms with Crippen LogP contribution in [0.1, 0.15) is 0 Å². The van der Waals surface area contributed by atoms with Gasteiger partial charge in [-0.05, 0) is 42.0 Å². The lowest BCUT2D eigenvalue weighted by atomic mass is 9.95. The highest BCUT2D eigenvalue weighted by Gasteiger charge is 2.26. The molecule has 3 heterocycles. The van der Waals surface area contributed by atoms with Gasteiger partial charge in [0.05, 0.1) is 33.4 Å². The van der Waals surface area contributed by atoms with Gasteiger partial charge in [-0.2, -0.15) is 0 Å². The Morgan fingerprint density at radius 2 is 0.643 bits per heavy atom. The molecule has 0 aliphatic rings. The van der Waals surface area contributed by atoms with E-state index in [4.69, 9.17) is 15.0 Å². The van der Waals surface area contributed by atoms with E-state index in [0.717, 1.165) is 61.3 Å². The van der Waals surface area contributed by atoms with Crippen molar-refractivity contribution in [3.05, 3.63) is 200 Å². The fourth-order valence-electron chi connectivity index (χ4n) is 8.34. The van der Waals surface area contributed by atoms with Crippen LogP contribution in [-0.4, -0.2) is 24.1 Å². The molecule has 11 rings (SSSR count). The number of hydrogen-bond acceptors (Lipinski definition) is 3. The highest BCUT2D eigenvalue weighted by atomic mass is 15.1. The highest BCUT2D eigenvalue weighted by Crippen LogP contribution is 2.45. The van der Waals surface area contributed by atoms with Crippen LogP contribution in [-0.2, 0) is 0 Å².